The fraction of sp³-hybridized carbons (Fsp3) is 0.133. The fourth-order valence-electron chi connectivity index (χ4n) is 1.94. The van der Waals surface area contributed by atoms with E-state index in [-0.39, 0.29) is 5.56 Å². The Morgan fingerprint density at radius 2 is 1.90 bits per heavy atom. The number of carbonyl (C=O) groups is 1. The number of nitro benzene ring substituents is 1. The Balaban J connectivity index is 2.16. The lowest BCUT2D eigenvalue weighted by atomic mass is 10.1. The largest absolute Gasteiger partial charge is 0.337 e. The van der Waals surface area contributed by atoms with E-state index in [1.807, 2.05) is 30.3 Å². The minimum absolute atomic E-state index is 0.0801. The standard InChI is InChI=1S/C15H13FN2O3/c1-17(10-11-5-3-2-4-6-11)15(19)12-7-8-14(18(20)21)13(16)9-12/h2-9H,10H2,1H3. The monoisotopic (exact) mass is 288 g/mol. The Morgan fingerprint density at radius 1 is 1.24 bits per heavy atom. The highest BCUT2D eigenvalue weighted by molar-refractivity contribution is 5.94. The number of nitrogens with zero attached hydrogens (tertiary/aromatic N) is 2. The van der Waals surface area contributed by atoms with Crippen LogP contribution in [0.1, 0.15) is 15.9 Å². The van der Waals surface area contributed by atoms with E-state index in [0.29, 0.717) is 6.54 Å². The molecule has 0 unspecified atom stereocenters. The van der Waals surface area contributed by atoms with Gasteiger partial charge in [0.05, 0.1) is 4.92 Å². The highest BCUT2D eigenvalue weighted by atomic mass is 19.1. The maximum Gasteiger partial charge on any atom is 0.304 e. The molecule has 2 aromatic carbocycles. The van der Waals surface area contributed by atoms with Crippen LogP contribution in [0.5, 0.6) is 0 Å². The molecule has 0 aromatic heterocycles. The Labute approximate surface area is 120 Å². The molecule has 0 fully saturated rings. The second-order valence-electron chi connectivity index (χ2n) is 4.57. The second kappa shape index (κ2) is 6.13. The molecule has 0 spiro atoms. The molecule has 0 radical (unpaired) electrons. The average molecular weight is 288 g/mol. The fourth-order valence-corrected chi connectivity index (χ4v) is 1.94. The first-order valence-corrected chi connectivity index (χ1v) is 6.22. The summed E-state index contributed by atoms with van der Waals surface area (Å²) in [5.74, 6) is -1.41. The molecule has 0 N–H and O–H groups in total. The van der Waals surface area contributed by atoms with E-state index in [1.165, 1.54) is 11.0 Å². The van der Waals surface area contributed by atoms with Gasteiger partial charge in [0.1, 0.15) is 0 Å². The van der Waals surface area contributed by atoms with Crippen LogP contribution >= 0.6 is 0 Å². The number of halogens is 1. The van der Waals surface area contributed by atoms with Crippen molar-refractivity contribution in [3.05, 3.63) is 75.6 Å². The molecule has 0 aliphatic heterocycles. The number of nitro groups is 1. The van der Waals surface area contributed by atoms with Crippen LogP contribution in [0.2, 0.25) is 0 Å². The zero-order valence-corrected chi connectivity index (χ0v) is 11.3. The van der Waals surface area contributed by atoms with Gasteiger partial charge in [-0.05, 0) is 17.7 Å². The van der Waals surface area contributed by atoms with Crippen molar-refractivity contribution in [2.45, 2.75) is 6.54 Å². The molecule has 1 amide bonds. The van der Waals surface area contributed by atoms with Crippen molar-refractivity contribution in [2.75, 3.05) is 7.05 Å². The van der Waals surface area contributed by atoms with Crippen molar-refractivity contribution in [1.82, 2.24) is 4.90 Å². The zero-order chi connectivity index (χ0) is 15.4. The zero-order valence-electron chi connectivity index (χ0n) is 11.3. The number of carbonyl (C=O) groups excluding carboxylic acids is 1. The molecule has 2 aromatic rings. The van der Waals surface area contributed by atoms with Crippen LogP contribution in [0.15, 0.2) is 48.5 Å². The summed E-state index contributed by atoms with van der Waals surface area (Å²) in [5, 5.41) is 10.5. The molecule has 0 aliphatic rings. The molecule has 0 heterocycles. The van der Waals surface area contributed by atoms with E-state index in [1.54, 1.807) is 7.05 Å². The van der Waals surface area contributed by atoms with Gasteiger partial charge in [-0.1, -0.05) is 30.3 Å². The third-order valence-electron chi connectivity index (χ3n) is 3.00. The first kappa shape index (κ1) is 14.6. The summed E-state index contributed by atoms with van der Waals surface area (Å²) in [4.78, 5) is 23.3. The van der Waals surface area contributed by atoms with Gasteiger partial charge in [-0.3, -0.25) is 14.9 Å². The number of hydrogen-bond acceptors (Lipinski definition) is 3. The van der Waals surface area contributed by atoms with Gasteiger partial charge in [0.15, 0.2) is 0 Å². The Kier molecular flexibility index (Phi) is 4.27. The summed E-state index contributed by atoms with van der Waals surface area (Å²) in [7, 11) is 1.59. The van der Waals surface area contributed by atoms with Crippen molar-refractivity contribution in [1.29, 1.82) is 0 Å². The summed E-state index contributed by atoms with van der Waals surface area (Å²) in [6, 6.07) is 12.5. The van der Waals surface area contributed by atoms with Crippen molar-refractivity contribution < 1.29 is 14.1 Å². The van der Waals surface area contributed by atoms with Crippen LogP contribution in [-0.4, -0.2) is 22.8 Å². The maximum atomic E-state index is 13.5. The smallest absolute Gasteiger partial charge is 0.304 e. The third kappa shape index (κ3) is 3.42. The molecular formula is C15H13FN2O3. The van der Waals surface area contributed by atoms with Gasteiger partial charge in [-0.15, -0.1) is 0 Å². The summed E-state index contributed by atoms with van der Waals surface area (Å²) in [6.07, 6.45) is 0. The molecule has 0 bridgehead atoms. The number of amides is 1. The summed E-state index contributed by atoms with van der Waals surface area (Å²) >= 11 is 0. The van der Waals surface area contributed by atoms with Crippen molar-refractivity contribution in [3.63, 3.8) is 0 Å². The molecule has 5 nitrogen and oxygen atoms in total. The maximum absolute atomic E-state index is 13.5. The van der Waals surface area contributed by atoms with E-state index in [0.717, 1.165) is 17.7 Å². The van der Waals surface area contributed by atoms with E-state index < -0.39 is 22.3 Å². The predicted octanol–water partition coefficient (Wildman–Crippen LogP) is 3.01. The van der Waals surface area contributed by atoms with Crippen LogP contribution in [0, 0.1) is 15.9 Å². The lowest BCUT2D eigenvalue weighted by molar-refractivity contribution is -0.387. The molecule has 0 saturated heterocycles. The topological polar surface area (TPSA) is 63.5 Å². The first-order valence-electron chi connectivity index (χ1n) is 6.22. The number of hydrogen-bond donors (Lipinski definition) is 0. The second-order valence-corrected chi connectivity index (χ2v) is 4.57. The van der Waals surface area contributed by atoms with Crippen LogP contribution in [0.25, 0.3) is 0 Å². The van der Waals surface area contributed by atoms with Gasteiger partial charge < -0.3 is 4.90 Å². The number of benzene rings is 2. The highest BCUT2D eigenvalue weighted by Gasteiger charge is 2.18. The van der Waals surface area contributed by atoms with Crippen LogP contribution < -0.4 is 0 Å². The molecule has 21 heavy (non-hydrogen) atoms. The van der Waals surface area contributed by atoms with Gasteiger partial charge in [0.25, 0.3) is 5.91 Å². The van der Waals surface area contributed by atoms with E-state index >= 15 is 0 Å². The molecule has 6 heteroatoms. The first-order chi connectivity index (χ1) is 9.99. The average Bonchev–Trinajstić information content (AvgIpc) is 2.47. The van der Waals surface area contributed by atoms with E-state index in [9.17, 15) is 19.3 Å². The lowest BCUT2D eigenvalue weighted by Gasteiger charge is -2.17. The lowest BCUT2D eigenvalue weighted by Crippen LogP contribution is -2.26. The summed E-state index contributed by atoms with van der Waals surface area (Å²) in [5.41, 5.74) is 0.379. The van der Waals surface area contributed by atoms with Crippen LogP contribution in [0.3, 0.4) is 0 Å². The van der Waals surface area contributed by atoms with Gasteiger partial charge >= 0.3 is 5.69 Å². The molecular weight excluding hydrogens is 275 g/mol. The van der Waals surface area contributed by atoms with Crippen molar-refractivity contribution >= 4 is 11.6 Å². The third-order valence-corrected chi connectivity index (χ3v) is 3.00. The Morgan fingerprint density at radius 3 is 2.48 bits per heavy atom. The normalized spacial score (nSPS) is 10.2. The molecule has 0 saturated carbocycles. The van der Waals surface area contributed by atoms with Crippen molar-refractivity contribution in [2.24, 2.45) is 0 Å². The minimum Gasteiger partial charge on any atom is -0.337 e. The van der Waals surface area contributed by atoms with E-state index in [2.05, 4.69) is 0 Å². The SMILES string of the molecule is CN(Cc1ccccc1)C(=O)c1ccc([N+](=O)[O-])c(F)c1. The van der Waals surface area contributed by atoms with Crippen LogP contribution in [0.4, 0.5) is 10.1 Å². The summed E-state index contributed by atoms with van der Waals surface area (Å²) < 4.78 is 13.5. The Bertz CT molecular complexity index is 674. The van der Waals surface area contributed by atoms with Crippen molar-refractivity contribution in [3.8, 4) is 0 Å². The van der Waals surface area contributed by atoms with Gasteiger partial charge in [0, 0.05) is 25.2 Å². The number of rotatable bonds is 4. The Hall–Kier alpha value is -2.76. The summed E-state index contributed by atoms with van der Waals surface area (Å²) in [6.45, 7) is 0.373. The van der Waals surface area contributed by atoms with Gasteiger partial charge in [-0.25, -0.2) is 0 Å². The molecule has 0 aliphatic carbocycles. The molecule has 0 atom stereocenters. The molecule has 108 valence electrons. The van der Waals surface area contributed by atoms with Gasteiger partial charge in [0.2, 0.25) is 5.82 Å². The highest BCUT2D eigenvalue weighted by Crippen LogP contribution is 2.19. The van der Waals surface area contributed by atoms with Gasteiger partial charge in [-0.2, -0.15) is 4.39 Å². The molecule has 2 rings (SSSR count). The van der Waals surface area contributed by atoms with Crippen LogP contribution in [-0.2, 0) is 6.54 Å². The minimum atomic E-state index is -1.01. The predicted molar refractivity (Wildman–Crippen MR) is 75.3 cm³/mol. The van der Waals surface area contributed by atoms with E-state index in [4.69, 9.17) is 0 Å². The quantitative estimate of drug-likeness (QED) is 0.641.